The summed E-state index contributed by atoms with van der Waals surface area (Å²) < 4.78 is 17.1. The Balaban J connectivity index is 1.25. The molecule has 6 nitrogen and oxygen atoms in total. The predicted octanol–water partition coefficient (Wildman–Crippen LogP) is 5.86. The second kappa shape index (κ2) is 16.6. The maximum Gasteiger partial charge on any atom is 0.119 e. The molecule has 1 unspecified atom stereocenters. The molecule has 0 aliphatic carbocycles. The van der Waals surface area contributed by atoms with E-state index in [1.165, 1.54) is 0 Å². The number of aliphatic hydroxyl groups is 2. The second-order valence-electron chi connectivity index (χ2n) is 10.1. The van der Waals surface area contributed by atoms with Crippen LogP contribution in [0.25, 0.3) is 0 Å². The van der Waals surface area contributed by atoms with E-state index in [4.69, 9.17) is 14.2 Å². The van der Waals surface area contributed by atoms with Gasteiger partial charge in [-0.1, -0.05) is 91.0 Å². The van der Waals surface area contributed by atoms with E-state index in [0.29, 0.717) is 39.5 Å². The van der Waals surface area contributed by atoms with E-state index in [-0.39, 0.29) is 6.04 Å². The van der Waals surface area contributed by atoms with E-state index < -0.39 is 12.2 Å². The fraction of sp³-hybridized carbons (Fsp3) is 0.314. The van der Waals surface area contributed by atoms with Gasteiger partial charge in [-0.3, -0.25) is 4.90 Å². The maximum absolute atomic E-state index is 11.0. The highest BCUT2D eigenvalue weighted by molar-refractivity contribution is 5.28. The molecule has 0 aliphatic heterocycles. The summed E-state index contributed by atoms with van der Waals surface area (Å²) in [6.07, 6.45) is -0.526. The van der Waals surface area contributed by atoms with Crippen molar-refractivity contribution in [2.75, 3.05) is 39.5 Å². The van der Waals surface area contributed by atoms with E-state index in [9.17, 15) is 10.2 Å². The van der Waals surface area contributed by atoms with Gasteiger partial charge in [0.25, 0.3) is 0 Å². The summed E-state index contributed by atoms with van der Waals surface area (Å²) in [5.41, 5.74) is 2.90. The van der Waals surface area contributed by atoms with Crippen molar-refractivity contribution in [3.05, 3.63) is 132 Å². The normalized spacial score (nSPS) is 13.5. The van der Waals surface area contributed by atoms with Crippen molar-refractivity contribution in [1.82, 2.24) is 4.90 Å². The minimum Gasteiger partial charge on any atom is -0.491 e. The second-order valence-corrected chi connectivity index (χ2v) is 10.1. The topological polar surface area (TPSA) is 71.4 Å². The van der Waals surface area contributed by atoms with Crippen LogP contribution in [0.2, 0.25) is 0 Å². The molecule has 0 aromatic heterocycles. The lowest BCUT2D eigenvalue weighted by molar-refractivity contribution is 0.0480. The molecule has 2 N–H and O–H groups in total. The Kier molecular flexibility index (Phi) is 12.2. The molecule has 0 bridgehead atoms. The third kappa shape index (κ3) is 10.3. The number of aliphatic hydroxyl groups excluding tert-OH is 2. The Morgan fingerprint density at radius 1 is 0.561 bits per heavy atom. The van der Waals surface area contributed by atoms with Gasteiger partial charge in [0, 0.05) is 19.1 Å². The number of para-hydroxylation sites is 1. The molecule has 0 aliphatic rings. The Morgan fingerprint density at radius 2 is 1.00 bits per heavy atom. The number of hydrogen-bond acceptors (Lipinski definition) is 6. The van der Waals surface area contributed by atoms with Crippen LogP contribution in [-0.2, 0) is 11.2 Å². The van der Waals surface area contributed by atoms with Gasteiger partial charge in [-0.2, -0.15) is 0 Å². The van der Waals surface area contributed by atoms with Crippen LogP contribution in [0.1, 0.15) is 35.8 Å². The molecule has 4 rings (SSSR count). The van der Waals surface area contributed by atoms with Crippen LogP contribution < -0.4 is 9.47 Å². The SMILES string of the molecule is C[C@H](Cc1ccc(OCCOCCOc2ccccc2)cc1)N(CC(O)c1ccccc1)C[C@H](O)c1ccccc1. The fourth-order valence-electron chi connectivity index (χ4n) is 4.69. The third-order valence-corrected chi connectivity index (χ3v) is 7.00. The molecular weight excluding hydrogens is 514 g/mol. The Hall–Kier alpha value is -3.68. The summed E-state index contributed by atoms with van der Waals surface area (Å²) in [5.74, 6) is 1.63. The lowest BCUT2D eigenvalue weighted by atomic mass is 10.0. The third-order valence-electron chi connectivity index (χ3n) is 7.00. The van der Waals surface area contributed by atoms with Crippen LogP contribution in [0.15, 0.2) is 115 Å². The Bertz CT molecular complexity index is 1190. The molecule has 0 saturated carbocycles. The van der Waals surface area contributed by atoms with Crippen LogP contribution >= 0.6 is 0 Å². The van der Waals surface area contributed by atoms with Crippen LogP contribution in [0.3, 0.4) is 0 Å². The smallest absolute Gasteiger partial charge is 0.119 e. The molecule has 3 atom stereocenters. The van der Waals surface area contributed by atoms with Crippen molar-refractivity contribution in [1.29, 1.82) is 0 Å². The Morgan fingerprint density at radius 3 is 1.49 bits per heavy atom. The van der Waals surface area contributed by atoms with Crippen LogP contribution in [0, 0.1) is 0 Å². The molecule has 0 spiro atoms. The van der Waals surface area contributed by atoms with E-state index in [2.05, 4.69) is 24.0 Å². The largest absolute Gasteiger partial charge is 0.491 e. The monoisotopic (exact) mass is 555 g/mol. The summed E-state index contributed by atoms with van der Waals surface area (Å²) in [5, 5.41) is 21.9. The van der Waals surface area contributed by atoms with Crippen molar-refractivity contribution in [3.63, 3.8) is 0 Å². The maximum atomic E-state index is 11.0. The molecular formula is C35H41NO5. The molecule has 6 heteroatoms. The van der Waals surface area contributed by atoms with Gasteiger partial charge in [-0.25, -0.2) is 0 Å². The molecule has 0 saturated heterocycles. The molecule has 0 heterocycles. The summed E-state index contributed by atoms with van der Waals surface area (Å²) in [7, 11) is 0. The van der Waals surface area contributed by atoms with Crippen molar-refractivity contribution < 1.29 is 24.4 Å². The zero-order valence-corrected chi connectivity index (χ0v) is 23.7. The Labute approximate surface area is 243 Å². The molecule has 0 fully saturated rings. The summed E-state index contributed by atoms with van der Waals surface area (Å²) >= 11 is 0. The molecule has 4 aromatic rings. The van der Waals surface area contributed by atoms with Gasteiger partial charge in [0.05, 0.1) is 25.4 Å². The highest BCUT2D eigenvalue weighted by Crippen LogP contribution is 2.22. The predicted molar refractivity (Wildman–Crippen MR) is 162 cm³/mol. The lowest BCUT2D eigenvalue weighted by Crippen LogP contribution is -2.40. The first-order valence-electron chi connectivity index (χ1n) is 14.3. The number of rotatable bonds is 17. The first kappa shape index (κ1) is 30.3. The molecule has 4 aromatic carbocycles. The van der Waals surface area contributed by atoms with Crippen LogP contribution in [0.4, 0.5) is 0 Å². The number of nitrogens with zero attached hydrogens (tertiary/aromatic N) is 1. The van der Waals surface area contributed by atoms with Gasteiger partial charge in [0.1, 0.15) is 24.7 Å². The van der Waals surface area contributed by atoms with E-state index in [1.54, 1.807) is 0 Å². The average molecular weight is 556 g/mol. The van der Waals surface area contributed by atoms with Gasteiger partial charge in [-0.05, 0) is 54.3 Å². The van der Waals surface area contributed by atoms with Gasteiger partial charge in [-0.15, -0.1) is 0 Å². The van der Waals surface area contributed by atoms with E-state index in [1.807, 2.05) is 103 Å². The molecule has 216 valence electrons. The van der Waals surface area contributed by atoms with E-state index >= 15 is 0 Å². The molecule has 0 amide bonds. The van der Waals surface area contributed by atoms with Crippen molar-refractivity contribution in [3.8, 4) is 11.5 Å². The van der Waals surface area contributed by atoms with Gasteiger partial charge >= 0.3 is 0 Å². The van der Waals surface area contributed by atoms with Crippen molar-refractivity contribution in [2.45, 2.75) is 31.6 Å². The zero-order chi connectivity index (χ0) is 28.7. The average Bonchev–Trinajstić information content (AvgIpc) is 3.02. The summed E-state index contributed by atoms with van der Waals surface area (Å²) in [4.78, 5) is 2.17. The van der Waals surface area contributed by atoms with Crippen LogP contribution in [0.5, 0.6) is 11.5 Å². The summed E-state index contributed by atoms with van der Waals surface area (Å²) in [6.45, 7) is 4.93. The standard InChI is InChI=1S/C35H41NO5/c1-28(36(26-34(37)30-11-5-2-6-12-30)27-35(38)31-13-7-3-8-14-31)25-29-17-19-33(20-18-29)41-24-22-39-21-23-40-32-15-9-4-10-16-32/h2-20,28,34-35,37-38H,21-27H2,1H3/t28-,34+,35?/m1/s1. The van der Waals surface area contributed by atoms with Crippen molar-refractivity contribution in [2.24, 2.45) is 0 Å². The minimum atomic E-state index is -0.649. The first-order valence-corrected chi connectivity index (χ1v) is 14.3. The van der Waals surface area contributed by atoms with Gasteiger partial charge < -0.3 is 24.4 Å². The van der Waals surface area contributed by atoms with Crippen LogP contribution in [-0.4, -0.2) is 60.7 Å². The van der Waals surface area contributed by atoms with Gasteiger partial charge in [0.2, 0.25) is 0 Å². The number of hydrogen-bond donors (Lipinski definition) is 2. The highest BCUT2D eigenvalue weighted by Gasteiger charge is 2.22. The highest BCUT2D eigenvalue weighted by atomic mass is 16.5. The number of benzene rings is 4. The fourth-order valence-corrected chi connectivity index (χ4v) is 4.69. The van der Waals surface area contributed by atoms with E-state index in [0.717, 1.165) is 34.6 Å². The lowest BCUT2D eigenvalue weighted by Gasteiger charge is -2.33. The quantitative estimate of drug-likeness (QED) is 0.159. The molecule has 0 radical (unpaired) electrons. The molecule has 41 heavy (non-hydrogen) atoms. The number of ether oxygens (including phenoxy) is 3. The first-order chi connectivity index (χ1) is 20.1. The minimum absolute atomic E-state index is 0.0880. The summed E-state index contributed by atoms with van der Waals surface area (Å²) in [6, 6.07) is 37.2. The van der Waals surface area contributed by atoms with Crippen molar-refractivity contribution >= 4 is 0 Å². The van der Waals surface area contributed by atoms with Gasteiger partial charge in [0.15, 0.2) is 0 Å². The zero-order valence-electron chi connectivity index (χ0n) is 23.7.